The second kappa shape index (κ2) is 7.76. The normalized spacial score (nSPS) is 26.5. The summed E-state index contributed by atoms with van der Waals surface area (Å²) in [5.41, 5.74) is 0.409. The molecule has 0 aromatic rings. The summed E-state index contributed by atoms with van der Waals surface area (Å²) < 4.78 is 38.3. The predicted octanol–water partition coefficient (Wildman–Crippen LogP) is 2.79. The van der Waals surface area contributed by atoms with Crippen molar-refractivity contribution < 1.29 is 13.2 Å². The van der Waals surface area contributed by atoms with Crippen LogP contribution in [0.2, 0.25) is 0 Å². The van der Waals surface area contributed by atoms with E-state index in [2.05, 4.69) is 29.1 Å². The highest BCUT2D eigenvalue weighted by molar-refractivity contribution is 14.0. The number of nitrogens with one attached hydrogen (secondary N) is 1. The van der Waals surface area contributed by atoms with Gasteiger partial charge < -0.3 is 10.2 Å². The molecule has 1 saturated heterocycles. The molecule has 2 aliphatic rings. The lowest BCUT2D eigenvalue weighted by atomic mass is 10.1. The molecule has 2 rings (SSSR count). The standard InChI is InChI=1S/C15H27F3N4.HI/c1-11(15(16,17)18)21-5-7-22(8-6-21)13(19-4)20-10-12-9-14(12,2)3;/h11-12H,5-10H2,1-4H3,(H,19,20);1H. The maximum absolute atomic E-state index is 12.8. The molecule has 1 N–H and O–H groups in total. The van der Waals surface area contributed by atoms with Crippen LogP contribution in [0, 0.1) is 11.3 Å². The molecular formula is C15H28F3IN4. The summed E-state index contributed by atoms with van der Waals surface area (Å²) in [4.78, 5) is 7.81. The average Bonchev–Trinajstić information content (AvgIpc) is 3.06. The van der Waals surface area contributed by atoms with E-state index in [4.69, 9.17) is 0 Å². The SMILES string of the molecule is CN=C(NCC1CC1(C)C)N1CCN(C(C)C(F)(F)F)CC1.I. The lowest BCUT2D eigenvalue weighted by Crippen LogP contribution is -2.56. The summed E-state index contributed by atoms with van der Waals surface area (Å²) in [6, 6.07) is -1.38. The fraction of sp³-hybridized carbons (Fsp3) is 0.933. The number of aliphatic imine (C=N–C) groups is 1. The molecule has 0 bridgehead atoms. The summed E-state index contributed by atoms with van der Waals surface area (Å²) in [6.45, 7) is 8.60. The average molecular weight is 448 g/mol. The van der Waals surface area contributed by atoms with Crippen LogP contribution in [-0.2, 0) is 0 Å². The Labute approximate surface area is 153 Å². The number of hydrogen-bond acceptors (Lipinski definition) is 2. The Morgan fingerprint density at radius 1 is 1.26 bits per heavy atom. The maximum Gasteiger partial charge on any atom is 0.403 e. The first-order valence-corrected chi connectivity index (χ1v) is 7.91. The van der Waals surface area contributed by atoms with Crippen molar-refractivity contribution >= 4 is 29.9 Å². The van der Waals surface area contributed by atoms with Gasteiger partial charge in [-0.05, 0) is 24.7 Å². The third-order valence-corrected chi connectivity index (χ3v) is 5.07. The largest absolute Gasteiger partial charge is 0.403 e. The van der Waals surface area contributed by atoms with Gasteiger partial charge >= 0.3 is 6.18 Å². The number of hydrogen-bond donors (Lipinski definition) is 1. The van der Waals surface area contributed by atoms with E-state index in [0.29, 0.717) is 37.5 Å². The first-order valence-electron chi connectivity index (χ1n) is 7.91. The first kappa shape index (κ1) is 20.8. The minimum Gasteiger partial charge on any atom is -0.356 e. The molecule has 1 aliphatic carbocycles. The Morgan fingerprint density at radius 2 is 1.78 bits per heavy atom. The monoisotopic (exact) mass is 448 g/mol. The van der Waals surface area contributed by atoms with Gasteiger partial charge in [0.1, 0.15) is 6.04 Å². The minimum absolute atomic E-state index is 0. The summed E-state index contributed by atoms with van der Waals surface area (Å²) in [7, 11) is 1.73. The molecule has 136 valence electrons. The van der Waals surface area contributed by atoms with E-state index in [1.54, 1.807) is 7.05 Å². The maximum atomic E-state index is 12.8. The number of guanidine groups is 1. The van der Waals surface area contributed by atoms with Gasteiger partial charge in [0.15, 0.2) is 5.96 Å². The van der Waals surface area contributed by atoms with Gasteiger partial charge in [0, 0.05) is 39.8 Å². The van der Waals surface area contributed by atoms with E-state index >= 15 is 0 Å². The van der Waals surface area contributed by atoms with E-state index < -0.39 is 12.2 Å². The Balaban J connectivity index is 0.00000264. The van der Waals surface area contributed by atoms with Crippen LogP contribution in [0.15, 0.2) is 4.99 Å². The van der Waals surface area contributed by atoms with Crippen LogP contribution in [0.25, 0.3) is 0 Å². The van der Waals surface area contributed by atoms with Gasteiger partial charge in [-0.15, -0.1) is 24.0 Å². The van der Waals surface area contributed by atoms with Gasteiger partial charge in [-0.3, -0.25) is 9.89 Å². The van der Waals surface area contributed by atoms with Crippen molar-refractivity contribution in [2.45, 2.75) is 39.4 Å². The topological polar surface area (TPSA) is 30.9 Å². The molecule has 2 fully saturated rings. The minimum atomic E-state index is -4.15. The molecule has 1 aliphatic heterocycles. The van der Waals surface area contributed by atoms with E-state index in [0.717, 1.165) is 12.5 Å². The van der Waals surface area contributed by atoms with Crippen LogP contribution in [0.5, 0.6) is 0 Å². The third-order valence-electron chi connectivity index (χ3n) is 5.07. The predicted molar refractivity (Wildman–Crippen MR) is 97.3 cm³/mol. The second-order valence-corrected chi connectivity index (χ2v) is 7.06. The zero-order chi connectivity index (χ0) is 16.5. The number of piperazine rings is 1. The molecule has 1 saturated carbocycles. The molecule has 8 heteroatoms. The zero-order valence-electron chi connectivity index (χ0n) is 14.3. The van der Waals surface area contributed by atoms with Crippen molar-refractivity contribution in [3.8, 4) is 0 Å². The highest BCUT2D eigenvalue weighted by atomic mass is 127. The molecule has 4 nitrogen and oxygen atoms in total. The number of rotatable bonds is 3. The molecule has 2 unspecified atom stereocenters. The van der Waals surface area contributed by atoms with Crippen molar-refractivity contribution in [1.82, 2.24) is 15.1 Å². The van der Waals surface area contributed by atoms with Gasteiger partial charge in [0.2, 0.25) is 0 Å². The van der Waals surface area contributed by atoms with E-state index in [1.165, 1.54) is 18.2 Å². The third kappa shape index (κ3) is 5.37. The Kier molecular flexibility index (Phi) is 7.01. The molecule has 23 heavy (non-hydrogen) atoms. The summed E-state index contributed by atoms with van der Waals surface area (Å²) in [5, 5.41) is 3.37. The second-order valence-electron chi connectivity index (χ2n) is 7.06. The Bertz CT molecular complexity index is 417. The van der Waals surface area contributed by atoms with Crippen LogP contribution in [0.1, 0.15) is 27.2 Å². The number of alkyl halides is 3. The Morgan fingerprint density at radius 3 is 2.17 bits per heavy atom. The molecule has 0 spiro atoms. The highest BCUT2D eigenvalue weighted by Gasteiger charge is 2.45. The highest BCUT2D eigenvalue weighted by Crippen LogP contribution is 2.50. The fourth-order valence-electron chi connectivity index (χ4n) is 3.00. The molecule has 0 aromatic carbocycles. The molecule has 1 heterocycles. The van der Waals surface area contributed by atoms with Gasteiger partial charge in [-0.1, -0.05) is 13.8 Å². The molecular weight excluding hydrogens is 420 g/mol. The van der Waals surface area contributed by atoms with Crippen LogP contribution < -0.4 is 5.32 Å². The summed E-state index contributed by atoms with van der Waals surface area (Å²) in [6.07, 6.45) is -2.94. The summed E-state index contributed by atoms with van der Waals surface area (Å²) >= 11 is 0. The van der Waals surface area contributed by atoms with E-state index in [9.17, 15) is 13.2 Å². The van der Waals surface area contributed by atoms with Crippen LogP contribution in [0.3, 0.4) is 0 Å². The van der Waals surface area contributed by atoms with Gasteiger partial charge in [0.25, 0.3) is 0 Å². The lowest BCUT2D eigenvalue weighted by molar-refractivity contribution is -0.181. The van der Waals surface area contributed by atoms with Crippen molar-refractivity contribution in [3.63, 3.8) is 0 Å². The van der Waals surface area contributed by atoms with Gasteiger partial charge in [-0.25, -0.2) is 0 Å². The van der Waals surface area contributed by atoms with Crippen LogP contribution in [-0.4, -0.2) is 67.7 Å². The van der Waals surface area contributed by atoms with Crippen molar-refractivity contribution in [1.29, 1.82) is 0 Å². The molecule has 0 radical (unpaired) electrons. The zero-order valence-corrected chi connectivity index (χ0v) is 16.6. The number of nitrogens with zero attached hydrogens (tertiary/aromatic N) is 3. The van der Waals surface area contributed by atoms with Crippen molar-refractivity contribution in [2.24, 2.45) is 16.3 Å². The van der Waals surface area contributed by atoms with Crippen molar-refractivity contribution in [2.75, 3.05) is 39.8 Å². The fourth-order valence-corrected chi connectivity index (χ4v) is 3.00. The van der Waals surface area contributed by atoms with Crippen LogP contribution in [0.4, 0.5) is 13.2 Å². The quantitative estimate of drug-likeness (QED) is 0.410. The smallest absolute Gasteiger partial charge is 0.356 e. The van der Waals surface area contributed by atoms with Crippen molar-refractivity contribution in [3.05, 3.63) is 0 Å². The molecule has 2 atom stereocenters. The van der Waals surface area contributed by atoms with E-state index in [1.807, 2.05) is 0 Å². The molecule has 0 amide bonds. The first-order chi connectivity index (χ1) is 10.1. The van der Waals surface area contributed by atoms with Crippen LogP contribution >= 0.6 is 24.0 Å². The molecule has 0 aromatic heterocycles. The number of halogens is 4. The van der Waals surface area contributed by atoms with E-state index in [-0.39, 0.29) is 24.0 Å². The van der Waals surface area contributed by atoms with Gasteiger partial charge in [0.05, 0.1) is 0 Å². The Hall–Kier alpha value is -0.250. The summed E-state index contributed by atoms with van der Waals surface area (Å²) in [5.74, 6) is 1.47. The van der Waals surface area contributed by atoms with Gasteiger partial charge in [-0.2, -0.15) is 13.2 Å². The lowest BCUT2D eigenvalue weighted by Gasteiger charge is -2.39.